The summed E-state index contributed by atoms with van der Waals surface area (Å²) in [4.78, 5) is 58.0. The van der Waals surface area contributed by atoms with Gasteiger partial charge in [0.25, 0.3) is 0 Å². The van der Waals surface area contributed by atoms with E-state index in [1.807, 2.05) is 0 Å². The zero-order chi connectivity index (χ0) is 18.2. The number of nitrogens with zero attached hydrogens (tertiary/aromatic N) is 4. The fraction of sp³-hybridized carbons (Fsp3) is 0.765. The van der Waals surface area contributed by atoms with Crippen molar-refractivity contribution in [3.63, 3.8) is 0 Å². The van der Waals surface area contributed by atoms with E-state index in [4.69, 9.17) is 0 Å². The van der Waals surface area contributed by atoms with Crippen LogP contribution in [0.1, 0.15) is 57.8 Å². The molecule has 2 aliphatic rings. The minimum atomic E-state index is -1.04. The Labute approximate surface area is 145 Å². The zero-order valence-corrected chi connectivity index (χ0v) is 13.9. The van der Waals surface area contributed by atoms with E-state index in [9.17, 15) is 19.2 Å². The number of carbonyl (C=O) groups excluding carboxylic acids is 4. The average Bonchev–Trinajstić information content (AvgIpc) is 2.60. The molecular formula is C17H20N4O4. The van der Waals surface area contributed by atoms with Crippen molar-refractivity contribution >= 4 is 24.3 Å². The molecule has 8 nitrogen and oxygen atoms in total. The van der Waals surface area contributed by atoms with Crippen molar-refractivity contribution < 1.29 is 19.2 Å². The molecule has 0 radical (unpaired) electrons. The summed E-state index contributed by atoms with van der Waals surface area (Å²) in [5.74, 6) is 0.272. The van der Waals surface area contributed by atoms with Crippen molar-refractivity contribution in [1.29, 1.82) is 0 Å². The van der Waals surface area contributed by atoms with Gasteiger partial charge in [0.05, 0.1) is 0 Å². The Morgan fingerprint density at radius 3 is 1.80 bits per heavy atom. The molecule has 1 atom stereocenters. The second kappa shape index (κ2) is 8.57. The van der Waals surface area contributed by atoms with Gasteiger partial charge >= 0.3 is 0 Å². The van der Waals surface area contributed by atoms with Gasteiger partial charge in [-0.25, -0.2) is 19.2 Å². The topological polar surface area (TPSA) is 118 Å². The van der Waals surface area contributed by atoms with Crippen LogP contribution in [0.25, 0.3) is 0 Å². The van der Waals surface area contributed by atoms with Crippen molar-refractivity contribution in [2.75, 3.05) is 0 Å². The second-order valence-electron chi connectivity index (χ2n) is 6.80. The molecule has 0 aromatic heterocycles. The SMILES string of the molecule is O=C=NC1(N=C=O)CCC(CC2CCCCC2(N=C=O)N=C=O)CC1. The second-order valence-corrected chi connectivity index (χ2v) is 6.80. The minimum absolute atomic E-state index is 0.0224. The third-order valence-corrected chi connectivity index (χ3v) is 5.51. The van der Waals surface area contributed by atoms with Gasteiger partial charge in [-0.15, -0.1) is 0 Å². The normalized spacial score (nSPS) is 34.4. The van der Waals surface area contributed by atoms with Gasteiger partial charge in [-0.1, -0.05) is 6.42 Å². The summed E-state index contributed by atoms with van der Waals surface area (Å²) in [6.45, 7) is 0. The maximum atomic E-state index is 10.8. The Morgan fingerprint density at radius 1 is 0.720 bits per heavy atom. The summed E-state index contributed by atoms with van der Waals surface area (Å²) in [6.07, 6.45) is 12.5. The molecule has 2 fully saturated rings. The van der Waals surface area contributed by atoms with E-state index in [2.05, 4.69) is 20.0 Å². The van der Waals surface area contributed by atoms with Crippen LogP contribution < -0.4 is 0 Å². The summed E-state index contributed by atoms with van der Waals surface area (Å²) in [6, 6.07) is 0. The first-order valence-electron chi connectivity index (χ1n) is 8.50. The van der Waals surface area contributed by atoms with Gasteiger partial charge in [0, 0.05) is 5.92 Å². The predicted molar refractivity (Wildman–Crippen MR) is 86.5 cm³/mol. The van der Waals surface area contributed by atoms with Crippen LogP contribution in [0.5, 0.6) is 0 Å². The first-order valence-corrected chi connectivity index (χ1v) is 8.50. The summed E-state index contributed by atoms with van der Waals surface area (Å²) in [7, 11) is 0. The quantitative estimate of drug-likeness (QED) is 0.543. The van der Waals surface area contributed by atoms with Crippen LogP contribution >= 0.6 is 0 Å². The lowest BCUT2D eigenvalue weighted by Crippen LogP contribution is -2.39. The zero-order valence-electron chi connectivity index (χ0n) is 13.9. The van der Waals surface area contributed by atoms with Crippen molar-refractivity contribution in [3.8, 4) is 0 Å². The minimum Gasteiger partial charge on any atom is -0.211 e. The predicted octanol–water partition coefficient (Wildman–Crippen LogP) is 2.49. The highest BCUT2D eigenvalue weighted by molar-refractivity contribution is 5.40. The molecule has 132 valence electrons. The highest BCUT2D eigenvalue weighted by atomic mass is 16.1. The summed E-state index contributed by atoms with van der Waals surface area (Å²) in [5, 5.41) is 0. The molecular weight excluding hydrogens is 324 g/mol. The third kappa shape index (κ3) is 4.33. The summed E-state index contributed by atoms with van der Waals surface area (Å²) < 4.78 is 0. The molecule has 0 heterocycles. The molecule has 1 unspecified atom stereocenters. The van der Waals surface area contributed by atoms with E-state index in [-0.39, 0.29) is 5.92 Å². The smallest absolute Gasteiger partial charge is 0.211 e. The van der Waals surface area contributed by atoms with Crippen molar-refractivity contribution in [3.05, 3.63) is 0 Å². The Balaban J connectivity index is 2.11. The lowest BCUT2D eigenvalue weighted by Gasteiger charge is -2.39. The summed E-state index contributed by atoms with van der Waals surface area (Å²) >= 11 is 0. The maximum absolute atomic E-state index is 10.8. The lowest BCUT2D eigenvalue weighted by molar-refractivity contribution is 0.137. The van der Waals surface area contributed by atoms with Crippen molar-refractivity contribution in [1.82, 2.24) is 0 Å². The first-order chi connectivity index (χ1) is 12.1. The Morgan fingerprint density at radius 2 is 1.28 bits per heavy atom. The molecule has 0 saturated heterocycles. The molecule has 0 aliphatic heterocycles. The van der Waals surface area contributed by atoms with Crippen LogP contribution in [-0.2, 0) is 19.2 Å². The van der Waals surface area contributed by atoms with Crippen LogP contribution in [-0.4, -0.2) is 35.6 Å². The monoisotopic (exact) mass is 344 g/mol. The largest absolute Gasteiger partial charge is 0.237 e. The Kier molecular flexibility index (Phi) is 6.46. The highest BCUT2D eigenvalue weighted by Crippen LogP contribution is 2.45. The molecule has 25 heavy (non-hydrogen) atoms. The fourth-order valence-electron chi connectivity index (χ4n) is 4.19. The van der Waals surface area contributed by atoms with E-state index in [1.165, 1.54) is 12.2 Å². The lowest BCUT2D eigenvalue weighted by atomic mass is 9.71. The van der Waals surface area contributed by atoms with Gasteiger partial charge < -0.3 is 0 Å². The Bertz CT molecular complexity index is 635. The van der Waals surface area contributed by atoms with Crippen LogP contribution in [0.2, 0.25) is 0 Å². The van der Waals surface area contributed by atoms with Gasteiger partial charge in [-0.05, 0) is 57.3 Å². The van der Waals surface area contributed by atoms with Crippen LogP contribution in [0.15, 0.2) is 20.0 Å². The average molecular weight is 344 g/mol. The van der Waals surface area contributed by atoms with Crippen LogP contribution in [0, 0.1) is 11.8 Å². The number of hydrogen-bond donors (Lipinski definition) is 0. The van der Waals surface area contributed by atoms with Crippen LogP contribution in [0.4, 0.5) is 0 Å². The number of rotatable bonds is 6. The van der Waals surface area contributed by atoms with E-state index in [0.717, 1.165) is 38.5 Å². The number of aliphatic imine (C=N–C) groups is 4. The van der Waals surface area contributed by atoms with E-state index in [0.29, 0.717) is 25.2 Å². The van der Waals surface area contributed by atoms with Crippen molar-refractivity contribution in [2.45, 2.75) is 69.1 Å². The van der Waals surface area contributed by atoms with Gasteiger partial charge in [0.15, 0.2) is 11.3 Å². The first kappa shape index (κ1) is 18.9. The molecule has 0 aromatic rings. The van der Waals surface area contributed by atoms with Crippen molar-refractivity contribution in [2.24, 2.45) is 31.8 Å². The maximum Gasteiger partial charge on any atom is 0.237 e. The van der Waals surface area contributed by atoms with Crippen LogP contribution in [0.3, 0.4) is 0 Å². The highest BCUT2D eigenvalue weighted by Gasteiger charge is 2.44. The molecule has 2 aliphatic carbocycles. The molecule has 0 bridgehead atoms. The molecule has 0 N–H and O–H groups in total. The molecule has 0 amide bonds. The van der Waals surface area contributed by atoms with Gasteiger partial charge in [-0.3, -0.25) is 0 Å². The van der Waals surface area contributed by atoms with E-state index < -0.39 is 11.3 Å². The van der Waals surface area contributed by atoms with Gasteiger partial charge in [0.1, 0.15) is 0 Å². The molecule has 0 spiro atoms. The number of isocyanates is 4. The van der Waals surface area contributed by atoms with E-state index in [1.54, 1.807) is 12.2 Å². The number of hydrogen-bond acceptors (Lipinski definition) is 8. The Hall–Kier alpha value is -2.48. The molecule has 2 saturated carbocycles. The molecule has 8 heteroatoms. The summed E-state index contributed by atoms with van der Waals surface area (Å²) in [5.41, 5.74) is -2.08. The van der Waals surface area contributed by atoms with E-state index >= 15 is 0 Å². The standard InChI is InChI=1S/C17H20N4O4/c22-10-18-16(19-11-23)7-4-14(5-8-16)9-15-3-1-2-6-17(15,20-12-24)21-13-25/h14-15H,1-9H2. The fourth-order valence-corrected chi connectivity index (χ4v) is 4.19. The molecule has 2 rings (SSSR count). The van der Waals surface area contributed by atoms with Gasteiger partial charge in [0.2, 0.25) is 24.3 Å². The van der Waals surface area contributed by atoms with Gasteiger partial charge in [-0.2, -0.15) is 20.0 Å². The third-order valence-electron chi connectivity index (χ3n) is 5.51. The molecule has 0 aromatic carbocycles.